The fourth-order valence-electron chi connectivity index (χ4n) is 0.670. The highest BCUT2D eigenvalue weighted by Crippen LogP contribution is 2.24. The molecule has 2 nitrogen and oxygen atoms in total. The molecule has 1 rings (SSSR count). The average Bonchev–Trinajstić information content (AvgIpc) is 1.64. The van der Waals surface area contributed by atoms with Crippen LogP contribution in [0.3, 0.4) is 0 Å². The van der Waals surface area contributed by atoms with Crippen molar-refractivity contribution < 1.29 is 9.90 Å². The molecule has 0 aromatic heterocycles. The lowest BCUT2D eigenvalue weighted by molar-refractivity contribution is -0.122. The number of hydrogen-bond donors (Lipinski definition) is 1. The molecule has 52 valence electrons. The van der Waals surface area contributed by atoms with Crippen molar-refractivity contribution in [3.63, 3.8) is 0 Å². The zero-order valence-corrected chi connectivity index (χ0v) is 5.63. The third kappa shape index (κ3) is 3.76. The Hall–Kier alpha value is -0.790. The third-order valence-electron chi connectivity index (χ3n) is 1.40. The Balaban J connectivity index is 0.000000187. The summed E-state index contributed by atoms with van der Waals surface area (Å²) in [6.07, 6.45) is 6.40. The zero-order chi connectivity index (χ0) is 7.11. The lowest BCUT2D eigenvalue weighted by Gasteiger charge is -2.13. The molecule has 1 aliphatic carbocycles. The van der Waals surface area contributed by atoms with Gasteiger partial charge in [0, 0.05) is 0 Å². The zero-order valence-electron chi connectivity index (χ0n) is 5.63. The largest absolute Gasteiger partial charge is 0.483 e. The monoisotopic (exact) mass is 128 g/mol. The minimum Gasteiger partial charge on any atom is -0.483 e. The summed E-state index contributed by atoms with van der Waals surface area (Å²) in [5.74, 6) is 0. The van der Waals surface area contributed by atoms with Crippen LogP contribution in [-0.2, 0) is 4.79 Å². The molecule has 1 saturated carbocycles. The van der Waals surface area contributed by atoms with E-state index >= 15 is 0 Å². The molecule has 9 heavy (non-hydrogen) atoms. The summed E-state index contributed by atoms with van der Waals surface area (Å²) in [5.41, 5.74) is 1.65. The van der Waals surface area contributed by atoms with Gasteiger partial charge in [-0.3, -0.25) is 4.79 Å². The van der Waals surface area contributed by atoms with E-state index < -0.39 is 0 Å². The molecule has 0 radical (unpaired) electrons. The highest BCUT2D eigenvalue weighted by molar-refractivity contribution is 5.32. The number of allylic oxidation sites excluding steroid dienone is 2. The molecule has 0 bridgehead atoms. The first kappa shape index (κ1) is 8.21. The standard InChI is InChI=1S/C6H10.CH2O2/c1-2-6-4-3-5-6;2-1-3/h2H,3-5H2,1H3;1H,(H,2,3). The van der Waals surface area contributed by atoms with E-state index in [1.165, 1.54) is 19.3 Å². The van der Waals surface area contributed by atoms with Gasteiger partial charge < -0.3 is 5.11 Å². The normalized spacial score (nSPS) is 14.6. The molecule has 0 spiro atoms. The molecule has 1 N–H and O–H groups in total. The lowest BCUT2D eigenvalue weighted by atomic mass is 9.93. The molecule has 0 aromatic rings. The Morgan fingerprint density at radius 2 is 2.00 bits per heavy atom. The van der Waals surface area contributed by atoms with E-state index in [1.807, 2.05) is 0 Å². The predicted molar refractivity (Wildman–Crippen MR) is 36.3 cm³/mol. The van der Waals surface area contributed by atoms with Crippen LogP contribution in [0, 0.1) is 0 Å². The van der Waals surface area contributed by atoms with E-state index in [4.69, 9.17) is 9.90 Å². The first-order valence-corrected chi connectivity index (χ1v) is 3.07. The van der Waals surface area contributed by atoms with Gasteiger partial charge in [-0.2, -0.15) is 0 Å². The minimum absolute atomic E-state index is 0.250. The molecule has 2 heteroatoms. The van der Waals surface area contributed by atoms with Crippen molar-refractivity contribution in [3.05, 3.63) is 11.6 Å². The Morgan fingerprint density at radius 1 is 1.56 bits per heavy atom. The van der Waals surface area contributed by atoms with Gasteiger partial charge in [0.05, 0.1) is 0 Å². The minimum atomic E-state index is -0.250. The Bertz CT molecular complexity index is 99.5. The van der Waals surface area contributed by atoms with Gasteiger partial charge in [0.1, 0.15) is 0 Å². The van der Waals surface area contributed by atoms with Gasteiger partial charge in [-0.15, -0.1) is 0 Å². The van der Waals surface area contributed by atoms with Crippen LogP contribution < -0.4 is 0 Å². The molecule has 0 aromatic carbocycles. The molecule has 0 heterocycles. The highest BCUT2D eigenvalue weighted by Gasteiger charge is 2.04. The summed E-state index contributed by atoms with van der Waals surface area (Å²) in [6, 6.07) is 0. The van der Waals surface area contributed by atoms with Gasteiger partial charge in [-0.05, 0) is 26.2 Å². The fourth-order valence-corrected chi connectivity index (χ4v) is 0.670. The van der Waals surface area contributed by atoms with Crippen molar-refractivity contribution in [2.45, 2.75) is 26.2 Å². The summed E-state index contributed by atoms with van der Waals surface area (Å²) in [6.45, 7) is 1.87. The lowest BCUT2D eigenvalue weighted by Crippen LogP contribution is -1.94. The van der Waals surface area contributed by atoms with E-state index in [0.29, 0.717) is 0 Å². The van der Waals surface area contributed by atoms with Gasteiger partial charge >= 0.3 is 0 Å². The first-order valence-electron chi connectivity index (χ1n) is 3.07. The molecule has 0 aliphatic heterocycles. The van der Waals surface area contributed by atoms with Gasteiger partial charge in [-0.1, -0.05) is 11.6 Å². The maximum Gasteiger partial charge on any atom is 0.290 e. The molecule has 0 atom stereocenters. The topological polar surface area (TPSA) is 37.3 Å². The molecule has 0 saturated heterocycles. The number of rotatable bonds is 0. The van der Waals surface area contributed by atoms with Crippen molar-refractivity contribution in [1.29, 1.82) is 0 Å². The molecule has 1 fully saturated rings. The molecule has 0 unspecified atom stereocenters. The van der Waals surface area contributed by atoms with Crippen molar-refractivity contribution in [1.82, 2.24) is 0 Å². The summed E-state index contributed by atoms with van der Waals surface area (Å²) < 4.78 is 0. The quantitative estimate of drug-likeness (QED) is 0.399. The Kier molecular flexibility index (Phi) is 4.88. The van der Waals surface area contributed by atoms with Crippen molar-refractivity contribution in [2.75, 3.05) is 0 Å². The van der Waals surface area contributed by atoms with Crippen molar-refractivity contribution in [3.8, 4) is 0 Å². The first-order chi connectivity index (χ1) is 4.35. The van der Waals surface area contributed by atoms with Crippen molar-refractivity contribution in [2.24, 2.45) is 0 Å². The predicted octanol–water partition coefficient (Wildman–Crippen LogP) is 1.82. The smallest absolute Gasteiger partial charge is 0.290 e. The van der Waals surface area contributed by atoms with E-state index in [2.05, 4.69) is 13.0 Å². The van der Waals surface area contributed by atoms with Gasteiger partial charge in [0.15, 0.2) is 0 Å². The maximum atomic E-state index is 8.36. The maximum absolute atomic E-state index is 8.36. The van der Waals surface area contributed by atoms with Crippen LogP contribution in [0.1, 0.15) is 26.2 Å². The van der Waals surface area contributed by atoms with E-state index in [9.17, 15) is 0 Å². The van der Waals surface area contributed by atoms with Crippen LogP contribution in [-0.4, -0.2) is 11.6 Å². The van der Waals surface area contributed by atoms with Gasteiger partial charge in [-0.25, -0.2) is 0 Å². The molecule has 0 amide bonds. The SMILES string of the molecule is CC=C1CCC1.O=CO. The second kappa shape index (κ2) is 5.35. The number of carbonyl (C=O) groups is 1. The summed E-state index contributed by atoms with van der Waals surface area (Å²) in [5, 5.41) is 6.89. The van der Waals surface area contributed by atoms with Crippen LogP contribution >= 0.6 is 0 Å². The van der Waals surface area contributed by atoms with Crippen molar-refractivity contribution >= 4 is 6.47 Å². The van der Waals surface area contributed by atoms with Crippen LogP contribution in [0.15, 0.2) is 11.6 Å². The average molecular weight is 128 g/mol. The molecular weight excluding hydrogens is 116 g/mol. The Morgan fingerprint density at radius 3 is 2.00 bits per heavy atom. The van der Waals surface area contributed by atoms with Crippen LogP contribution in [0.5, 0.6) is 0 Å². The Labute approximate surface area is 55.2 Å². The van der Waals surface area contributed by atoms with Gasteiger partial charge in [0.2, 0.25) is 0 Å². The van der Waals surface area contributed by atoms with E-state index in [0.717, 1.165) is 0 Å². The summed E-state index contributed by atoms with van der Waals surface area (Å²) in [7, 11) is 0. The van der Waals surface area contributed by atoms with Crippen LogP contribution in [0.25, 0.3) is 0 Å². The van der Waals surface area contributed by atoms with Gasteiger partial charge in [0.25, 0.3) is 6.47 Å². The number of carboxylic acid groups (broad SMARTS) is 1. The third-order valence-corrected chi connectivity index (χ3v) is 1.40. The fraction of sp³-hybridized carbons (Fsp3) is 0.571. The van der Waals surface area contributed by atoms with Crippen LogP contribution in [0.4, 0.5) is 0 Å². The second-order valence-corrected chi connectivity index (χ2v) is 1.91. The summed E-state index contributed by atoms with van der Waals surface area (Å²) in [4.78, 5) is 8.36. The van der Waals surface area contributed by atoms with Crippen LogP contribution in [0.2, 0.25) is 0 Å². The number of hydrogen-bond acceptors (Lipinski definition) is 1. The van der Waals surface area contributed by atoms with E-state index in [1.54, 1.807) is 5.57 Å². The van der Waals surface area contributed by atoms with E-state index in [-0.39, 0.29) is 6.47 Å². The summed E-state index contributed by atoms with van der Waals surface area (Å²) >= 11 is 0. The highest BCUT2D eigenvalue weighted by atomic mass is 16.3. The molecule has 1 aliphatic rings. The molecular formula is C7H12O2. The second-order valence-electron chi connectivity index (χ2n) is 1.91.